The largest absolute Gasteiger partial charge is 0.485 e. The zero-order chi connectivity index (χ0) is 16.4. The molecule has 1 aromatic rings. The lowest BCUT2D eigenvalue weighted by Crippen LogP contribution is -2.35. The fourth-order valence-corrected chi connectivity index (χ4v) is 4.07. The van der Waals surface area contributed by atoms with E-state index in [-0.39, 0.29) is 12.1 Å². The van der Waals surface area contributed by atoms with Crippen molar-refractivity contribution in [1.29, 1.82) is 0 Å². The Kier molecular flexibility index (Phi) is 4.48. The predicted molar refractivity (Wildman–Crippen MR) is 95.9 cm³/mol. The Bertz CT molecular complexity index is 686. The number of hydrogen-bond donors (Lipinski definition) is 1. The van der Waals surface area contributed by atoms with Crippen molar-refractivity contribution in [3.8, 4) is 0 Å². The van der Waals surface area contributed by atoms with Crippen LogP contribution >= 0.6 is 0 Å². The van der Waals surface area contributed by atoms with Crippen LogP contribution in [0, 0.1) is 0 Å². The van der Waals surface area contributed by atoms with E-state index in [0.717, 1.165) is 23.4 Å². The number of allylic oxidation sites excluding steroid dienone is 1. The van der Waals surface area contributed by atoms with Crippen molar-refractivity contribution in [3.05, 3.63) is 53.1 Å². The molecule has 2 aliphatic carbocycles. The standard InChI is InChI=1S/C20H25N3O/c21-17-10-4-8-16-19(12-23-20(16)17)24-13-18-15(9-5-11-22-18)14-6-2-1-3-7-14/h4-5,8-9,11-12,14,17,20H,1-3,6-7,10,13,21H2/t17-,20-/m1/s1. The molecule has 4 rings (SSSR count). The van der Waals surface area contributed by atoms with Crippen LogP contribution in [0.5, 0.6) is 0 Å². The molecule has 0 aromatic carbocycles. The predicted octanol–water partition coefficient (Wildman–Crippen LogP) is 3.64. The van der Waals surface area contributed by atoms with Gasteiger partial charge in [0, 0.05) is 17.8 Å². The molecule has 0 saturated heterocycles. The van der Waals surface area contributed by atoms with Crippen LogP contribution in [-0.4, -0.2) is 23.3 Å². The number of nitrogens with two attached hydrogens (primary N) is 1. The molecular weight excluding hydrogens is 298 g/mol. The van der Waals surface area contributed by atoms with Gasteiger partial charge in [0.25, 0.3) is 0 Å². The maximum Gasteiger partial charge on any atom is 0.143 e. The van der Waals surface area contributed by atoms with Crippen molar-refractivity contribution >= 4 is 6.21 Å². The molecule has 126 valence electrons. The van der Waals surface area contributed by atoms with Gasteiger partial charge in [-0.2, -0.15) is 0 Å². The van der Waals surface area contributed by atoms with E-state index >= 15 is 0 Å². The first-order valence-electron chi connectivity index (χ1n) is 9.09. The number of aliphatic imine (C=N–C) groups is 1. The molecule has 0 radical (unpaired) electrons. The highest BCUT2D eigenvalue weighted by Crippen LogP contribution is 2.34. The third kappa shape index (κ3) is 3.03. The van der Waals surface area contributed by atoms with E-state index in [4.69, 9.17) is 10.5 Å². The quantitative estimate of drug-likeness (QED) is 0.920. The Morgan fingerprint density at radius 1 is 1.21 bits per heavy atom. The molecule has 0 unspecified atom stereocenters. The van der Waals surface area contributed by atoms with Crippen molar-refractivity contribution in [2.24, 2.45) is 10.7 Å². The van der Waals surface area contributed by atoms with Gasteiger partial charge in [-0.15, -0.1) is 0 Å². The van der Waals surface area contributed by atoms with Gasteiger partial charge in [0.1, 0.15) is 12.4 Å². The Hall–Kier alpha value is -1.94. The maximum absolute atomic E-state index is 6.14. The lowest BCUT2D eigenvalue weighted by Gasteiger charge is -2.24. The molecule has 24 heavy (non-hydrogen) atoms. The fourth-order valence-electron chi connectivity index (χ4n) is 4.07. The van der Waals surface area contributed by atoms with Crippen LogP contribution in [0.4, 0.5) is 0 Å². The van der Waals surface area contributed by atoms with Crippen molar-refractivity contribution in [1.82, 2.24) is 4.98 Å². The van der Waals surface area contributed by atoms with Gasteiger partial charge in [-0.25, -0.2) is 0 Å². The van der Waals surface area contributed by atoms with Gasteiger partial charge >= 0.3 is 0 Å². The second-order valence-electron chi connectivity index (χ2n) is 7.01. The van der Waals surface area contributed by atoms with Crippen molar-refractivity contribution in [3.63, 3.8) is 0 Å². The van der Waals surface area contributed by atoms with Crippen molar-refractivity contribution in [2.75, 3.05) is 0 Å². The van der Waals surface area contributed by atoms with Crippen molar-refractivity contribution in [2.45, 2.75) is 63.1 Å². The molecule has 3 aliphatic rings. The third-order valence-corrected chi connectivity index (χ3v) is 5.40. The van der Waals surface area contributed by atoms with Crippen LogP contribution in [0.2, 0.25) is 0 Å². The van der Waals surface area contributed by atoms with E-state index in [0.29, 0.717) is 12.5 Å². The van der Waals surface area contributed by atoms with Gasteiger partial charge in [-0.05, 0) is 36.8 Å². The minimum atomic E-state index is 0.0616. The Morgan fingerprint density at radius 2 is 2.08 bits per heavy atom. The Labute approximate surface area is 143 Å². The molecule has 4 nitrogen and oxygen atoms in total. The van der Waals surface area contributed by atoms with E-state index < -0.39 is 0 Å². The van der Waals surface area contributed by atoms with Gasteiger partial charge in [0.2, 0.25) is 0 Å². The summed E-state index contributed by atoms with van der Waals surface area (Å²) in [7, 11) is 0. The SMILES string of the molecule is N[C@@H]1CC=CC2=C(OCc3ncccc3C3CCCCC3)C=N[C@H]21. The first kappa shape index (κ1) is 15.6. The normalized spacial score (nSPS) is 26.7. The summed E-state index contributed by atoms with van der Waals surface area (Å²) in [5.41, 5.74) is 9.69. The highest BCUT2D eigenvalue weighted by atomic mass is 16.5. The van der Waals surface area contributed by atoms with E-state index in [1.807, 2.05) is 18.5 Å². The van der Waals surface area contributed by atoms with Gasteiger partial charge in [-0.3, -0.25) is 9.98 Å². The summed E-state index contributed by atoms with van der Waals surface area (Å²) in [6, 6.07) is 4.40. The molecule has 2 heterocycles. The average molecular weight is 323 g/mol. The zero-order valence-electron chi connectivity index (χ0n) is 14.0. The maximum atomic E-state index is 6.14. The summed E-state index contributed by atoms with van der Waals surface area (Å²) in [6.45, 7) is 0.507. The summed E-state index contributed by atoms with van der Waals surface area (Å²) in [6.07, 6.45) is 15.4. The molecule has 2 atom stereocenters. The van der Waals surface area contributed by atoms with Crippen LogP contribution in [0.15, 0.2) is 46.8 Å². The molecular formula is C20H25N3O. The number of rotatable bonds is 4. The van der Waals surface area contributed by atoms with E-state index in [1.165, 1.54) is 37.7 Å². The average Bonchev–Trinajstić information content (AvgIpc) is 3.05. The Morgan fingerprint density at radius 3 is 2.96 bits per heavy atom. The van der Waals surface area contributed by atoms with E-state index in [1.54, 1.807) is 0 Å². The van der Waals surface area contributed by atoms with Gasteiger partial charge in [0.15, 0.2) is 0 Å². The summed E-state index contributed by atoms with van der Waals surface area (Å²) in [4.78, 5) is 9.12. The van der Waals surface area contributed by atoms with Crippen LogP contribution in [0.25, 0.3) is 0 Å². The monoisotopic (exact) mass is 323 g/mol. The summed E-state index contributed by atoms with van der Waals surface area (Å²) in [5.74, 6) is 1.49. The second-order valence-corrected chi connectivity index (χ2v) is 7.01. The summed E-state index contributed by atoms with van der Waals surface area (Å²) in [5, 5.41) is 0. The molecule has 0 bridgehead atoms. The van der Waals surface area contributed by atoms with Crippen LogP contribution < -0.4 is 5.73 Å². The lowest BCUT2D eigenvalue weighted by atomic mass is 9.83. The number of aromatic nitrogens is 1. The number of nitrogens with zero attached hydrogens (tertiary/aromatic N) is 2. The smallest absolute Gasteiger partial charge is 0.143 e. The van der Waals surface area contributed by atoms with Crippen LogP contribution in [-0.2, 0) is 11.3 Å². The topological polar surface area (TPSA) is 60.5 Å². The third-order valence-electron chi connectivity index (χ3n) is 5.40. The van der Waals surface area contributed by atoms with Crippen LogP contribution in [0.1, 0.15) is 55.7 Å². The van der Waals surface area contributed by atoms with Gasteiger partial charge in [0.05, 0.1) is 18.0 Å². The number of hydrogen-bond acceptors (Lipinski definition) is 4. The molecule has 1 aliphatic heterocycles. The molecule has 1 saturated carbocycles. The molecule has 0 spiro atoms. The van der Waals surface area contributed by atoms with Gasteiger partial charge in [-0.1, -0.05) is 37.5 Å². The Balaban J connectivity index is 1.51. The first-order valence-corrected chi connectivity index (χ1v) is 9.09. The molecule has 1 fully saturated rings. The number of fused-ring (bicyclic) bond motifs is 1. The highest BCUT2D eigenvalue weighted by Gasteiger charge is 2.29. The summed E-state index contributed by atoms with van der Waals surface area (Å²) < 4.78 is 6.10. The van der Waals surface area contributed by atoms with Crippen molar-refractivity contribution < 1.29 is 4.74 Å². The molecule has 4 heteroatoms. The van der Waals surface area contributed by atoms with E-state index in [9.17, 15) is 0 Å². The minimum Gasteiger partial charge on any atom is -0.485 e. The van der Waals surface area contributed by atoms with Gasteiger partial charge < -0.3 is 10.5 Å². The number of ether oxygens (including phenoxy) is 1. The molecule has 2 N–H and O–H groups in total. The summed E-state index contributed by atoms with van der Waals surface area (Å²) >= 11 is 0. The molecule has 1 aromatic heterocycles. The minimum absolute atomic E-state index is 0.0616. The first-order chi connectivity index (χ1) is 11.8. The van der Waals surface area contributed by atoms with Crippen LogP contribution in [0.3, 0.4) is 0 Å². The lowest BCUT2D eigenvalue weighted by molar-refractivity contribution is 0.211. The second kappa shape index (κ2) is 6.89. The number of pyridine rings is 1. The zero-order valence-corrected chi connectivity index (χ0v) is 14.0. The fraction of sp³-hybridized carbons (Fsp3) is 0.500. The molecule has 0 amide bonds. The van der Waals surface area contributed by atoms with E-state index in [2.05, 4.69) is 28.2 Å². The highest BCUT2D eigenvalue weighted by molar-refractivity contribution is 5.82.